The second-order valence-electron chi connectivity index (χ2n) is 4.17. The molecule has 2 heterocycles. The van der Waals surface area contributed by atoms with Gasteiger partial charge in [-0.05, 0) is 19.1 Å². The van der Waals surface area contributed by atoms with E-state index >= 15 is 0 Å². The molecule has 0 aliphatic heterocycles. The summed E-state index contributed by atoms with van der Waals surface area (Å²) in [5.74, 6) is -1.14. The SMILES string of the molecule is Cc1cc(=O)c(O)c([C@@H](CC(N)=O)c2ccco2)o1. The number of amides is 1. The van der Waals surface area contributed by atoms with E-state index in [9.17, 15) is 14.7 Å². The largest absolute Gasteiger partial charge is 0.502 e. The molecule has 2 rings (SSSR count). The summed E-state index contributed by atoms with van der Waals surface area (Å²) in [5, 5.41) is 9.80. The van der Waals surface area contributed by atoms with Gasteiger partial charge in [0.15, 0.2) is 5.76 Å². The fourth-order valence-corrected chi connectivity index (χ4v) is 1.88. The van der Waals surface area contributed by atoms with Gasteiger partial charge in [-0.15, -0.1) is 0 Å². The minimum Gasteiger partial charge on any atom is -0.502 e. The summed E-state index contributed by atoms with van der Waals surface area (Å²) in [4.78, 5) is 22.7. The van der Waals surface area contributed by atoms with Gasteiger partial charge in [0.25, 0.3) is 0 Å². The van der Waals surface area contributed by atoms with Crippen molar-refractivity contribution in [3.05, 3.63) is 52.0 Å². The van der Waals surface area contributed by atoms with E-state index in [-0.39, 0.29) is 12.2 Å². The van der Waals surface area contributed by atoms with Gasteiger partial charge >= 0.3 is 0 Å². The van der Waals surface area contributed by atoms with Crippen molar-refractivity contribution in [2.75, 3.05) is 0 Å². The minimum atomic E-state index is -0.722. The highest BCUT2D eigenvalue weighted by atomic mass is 16.4. The molecule has 19 heavy (non-hydrogen) atoms. The van der Waals surface area contributed by atoms with Gasteiger partial charge in [-0.3, -0.25) is 9.59 Å². The number of nitrogens with two attached hydrogens (primary N) is 1. The summed E-state index contributed by atoms with van der Waals surface area (Å²) in [5.41, 5.74) is 4.61. The Bertz CT molecular complexity index is 642. The highest BCUT2D eigenvalue weighted by Gasteiger charge is 2.26. The molecule has 2 aromatic rings. The molecule has 6 heteroatoms. The normalized spacial score (nSPS) is 12.3. The third-order valence-corrected chi connectivity index (χ3v) is 2.68. The Morgan fingerprint density at radius 1 is 1.53 bits per heavy atom. The van der Waals surface area contributed by atoms with Crippen LogP contribution in [0.4, 0.5) is 0 Å². The minimum absolute atomic E-state index is 0.0150. The van der Waals surface area contributed by atoms with Gasteiger partial charge in [-0.1, -0.05) is 0 Å². The lowest BCUT2D eigenvalue weighted by Crippen LogP contribution is -2.17. The maximum absolute atomic E-state index is 11.6. The van der Waals surface area contributed by atoms with E-state index in [2.05, 4.69) is 0 Å². The van der Waals surface area contributed by atoms with Crippen molar-refractivity contribution in [3.8, 4) is 5.75 Å². The summed E-state index contributed by atoms with van der Waals surface area (Å²) < 4.78 is 10.6. The summed E-state index contributed by atoms with van der Waals surface area (Å²) in [6.45, 7) is 1.58. The monoisotopic (exact) mass is 263 g/mol. The van der Waals surface area contributed by atoms with E-state index in [1.165, 1.54) is 12.3 Å². The van der Waals surface area contributed by atoms with Crippen LogP contribution in [0.5, 0.6) is 5.75 Å². The van der Waals surface area contributed by atoms with Gasteiger partial charge in [0, 0.05) is 12.5 Å². The molecule has 0 aromatic carbocycles. The molecule has 0 spiro atoms. The van der Waals surface area contributed by atoms with Crippen LogP contribution in [-0.2, 0) is 4.79 Å². The van der Waals surface area contributed by atoms with Crippen LogP contribution in [0.25, 0.3) is 0 Å². The molecule has 1 amide bonds. The number of aromatic hydroxyl groups is 1. The average Bonchev–Trinajstić information content (AvgIpc) is 2.84. The van der Waals surface area contributed by atoms with E-state index in [0.29, 0.717) is 11.5 Å². The first-order chi connectivity index (χ1) is 8.99. The van der Waals surface area contributed by atoms with Gasteiger partial charge in [0.1, 0.15) is 11.5 Å². The molecule has 2 aromatic heterocycles. The fraction of sp³-hybridized carbons (Fsp3) is 0.231. The van der Waals surface area contributed by atoms with E-state index in [1.54, 1.807) is 19.1 Å². The van der Waals surface area contributed by atoms with Crippen LogP contribution < -0.4 is 11.2 Å². The molecule has 0 saturated heterocycles. The Balaban J connectivity index is 2.56. The molecule has 0 aliphatic carbocycles. The Hall–Kier alpha value is -2.50. The van der Waals surface area contributed by atoms with Crippen LogP contribution in [0.3, 0.4) is 0 Å². The summed E-state index contributed by atoms with van der Waals surface area (Å²) in [6.07, 6.45) is 1.29. The highest BCUT2D eigenvalue weighted by Crippen LogP contribution is 2.32. The van der Waals surface area contributed by atoms with Crippen LogP contribution in [0.1, 0.15) is 29.6 Å². The van der Waals surface area contributed by atoms with Crippen molar-refractivity contribution >= 4 is 5.91 Å². The number of furan rings is 1. The number of carbonyl (C=O) groups is 1. The van der Waals surface area contributed by atoms with E-state index in [4.69, 9.17) is 14.6 Å². The molecule has 100 valence electrons. The lowest BCUT2D eigenvalue weighted by atomic mass is 9.97. The number of rotatable bonds is 4. The van der Waals surface area contributed by atoms with Gasteiger partial charge in [-0.25, -0.2) is 0 Å². The quantitative estimate of drug-likeness (QED) is 0.863. The van der Waals surface area contributed by atoms with Crippen LogP contribution in [0.2, 0.25) is 0 Å². The van der Waals surface area contributed by atoms with Crippen LogP contribution >= 0.6 is 0 Å². The maximum atomic E-state index is 11.6. The summed E-state index contributed by atoms with van der Waals surface area (Å²) in [7, 11) is 0. The molecule has 0 saturated carbocycles. The molecule has 3 N–H and O–H groups in total. The number of aryl methyl sites for hydroxylation is 1. The highest BCUT2D eigenvalue weighted by molar-refractivity contribution is 5.75. The van der Waals surface area contributed by atoms with Gasteiger partial charge in [0.05, 0.1) is 12.2 Å². The number of carbonyl (C=O) groups excluding carboxylic acids is 1. The Kier molecular flexibility index (Phi) is 3.41. The van der Waals surface area contributed by atoms with Crippen molar-refractivity contribution in [2.45, 2.75) is 19.3 Å². The van der Waals surface area contributed by atoms with E-state index in [0.717, 1.165) is 0 Å². The molecule has 0 aliphatic rings. The first-order valence-corrected chi connectivity index (χ1v) is 5.64. The predicted octanol–water partition coefficient (Wildman–Crippen LogP) is 1.25. The molecular formula is C13H13NO5. The molecule has 6 nitrogen and oxygen atoms in total. The Morgan fingerprint density at radius 3 is 2.84 bits per heavy atom. The topological polar surface area (TPSA) is 107 Å². The van der Waals surface area contributed by atoms with Crippen LogP contribution in [0.15, 0.2) is 38.1 Å². The average molecular weight is 263 g/mol. The smallest absolute Gasteiger partial charge is 0.227 e. The fourth-order valence-electron chi connectivity index (χ4n) is 1.88. The second-order valence-corrected chi connectivity index (χ2v) is 4.17. The maximum Gasteiger partial charge on any atom is 0.227 e. The van der Waals surface area contributed by atoms with Gasteiger partial charge < -0.3 is 19.7 Å². The van der Waals surface area contributed by atoms with Crippen molar-refractivity contribution in [1.29, 1.82) is 0 Å². The zero-order valence-electron chi connectivity index (χ0n) is 10.3. The molecule has 0 unspecified atom stereocenters. The van der Waals surface area contributed by atoms with Gasteiger partial charge in [0.2, 0.25) is 17.1 Å². The van der Waals surface area contributed by atoms with E-state index < -0.39 is 23.0 Å². The first-order valence-electron chi connectivity index (χ1n) is 5.64. The predicted molar refractivity (Wildman–Crippen MR) is 65.7 cm³/mol. The van der Waals surface area contributed by atoms with Gasteiger partial charge in [-0.2, -0.15) is 0 Å². The molecule has 1 atom stereocenters. The van der Waals surface area contributed by atoms with E-state index in [1.807, 2.05) is 0 Å². The van der Waals surface area contributed by atoms with Crippen LogP contribution in [-0.4, -0.2) is 11.0 Å². The summed E-state index contributed by atoms with van der Waals surface area (Å²) in [6, 6.07) is 4.42. The lowest BCUT2D eigenvalue weighted by Gasteiger charge is -2.13. The zero-order chi connectivity index (χ0) is 14.0. The third-order valence-electron chi connectivity index (χ3n) is 2.68. The number of primary amides is 1. The molecular weight excluding hydrogens is 250 g/mol. The second kappa shape index (κ2) is 5.01. The number of hydrogen-bond acceptors (Lipinski definition) is 5. The molecule has 0 radical (unpaired) electrons. The number of hydrogen-bond donors (Lipinski definition) is 2. The Labute approximate surface area is 108 Å². The van der Waals surface area contributed by atoms with Crippen molar-refractivity contribution in [2.24, 2.45) is 5.73 Å². The lowest BCUT2D eigenvalue weighted by molar-refractivity contribution is -0.118. The van der Waals surface area contributed by atoms with Crippen molar-refractivity contribution in [1.82, 2.24) is 0 Å². The van der Waals surface area contributed by atoms with Crippen molar-refractivity contribution in [3.63, 3.8) is 0 Å². The molecule has 0 fully saturated rings. The first kappa shape index (κ1) is 12.9. The third kappa shape index (κ3) is 2.67. The summed E-state index contributed by atoms with van der Waals surface area (Å²) >= 11 is 0. The van der Waals surface area contributed by atoms with Crippen molar-refractivity contribution < 1.29 is 18.7 Å². The standard InChI is InChI=1S/C13H13NO5/c1-7-5-9(15)12(17)13(19-7)8(6-11(14)16)10-3-2-4-18-10/h2-5,8,17H,6H2,1H3,(H2,14,16)/t8-/m0/s1. The molecule has 0 bridgehead atoms. The van der Waals surface area contributed by atoms with Crippen LogP contribution in [0, 0.1) is 6.92 Å². The Morgan fingerprint density at radius 2 is 2.26 bits per heavy atom. The zero-order valence-corrected chi connectivity index (χ0v) is 10.3.